The summed E-state index contributed by atoms with van der Waals surface area (Å²) in [6.45, 7) is 0. The standard InChI is InChI=1S/C19H14N4O2S/c24-15(18(25)19-21-11-22-23-19)8-13-6-7-20-17(13)16-9-14(10-26-16)12-4-2-1-3-5-12/h1-7,9-11,20H,8H2,(H,21,22,23). The van der Waals surface area contributed by atoms with Gasteiger partial charge in [-0.2, -0.15) is 5.10 Å². The molecule has 0 aliphatic carbocycles. The first-order valence-corrected chi connectivity index (χ1v) is 8.84. The lowest BCUT2D eigenvalue weighted by Gasteiger charge is -2.01. The topological polar surface area (TPSA) is 91.5 Å². The van der Waals surface area contributed by atoms with E-state index in [4.69, 9.17) is 0 Å². The number of aromatic nitrogens is 4. The Balaban J connectivity index is 1.57. The Labute approximate surface area is 152 Å². The Morgan fingerprint density at radius 3 is 2.69 bits per heavy atom. The zero-order valence-electron chi connectivity index (χ0n) is 13.6. The van der Waals surface area contributed by atoms with E-state index in [0.29, 0.717) is 0 Å². The van der Waals surface area contributed by atoms with Crippen LogP contribution in [0.25, 0.3) is 21.7 Å². The summed E-state index contributed by atoms with van der Waals surface area (Å²) in [5.41, 5.74) is 3.90. The van der Waals surface area contributed by atoms with Crippen LogP contribution in [0.15, 0.2) is 60.4 Å². The summed E-state index contributed by atoms with van der Waals surface area (Å²) in [5, 5.41) is 8.11. The average molecular weight is 362 g/mol. The van der Waals surface area contributed by atoms with E-state index < -0.39 is 11.6 Å². The first-order valence-electron chi connectivity index (χ1n) is 7.96. The van der Waals surface area contributed by atoms with E-state index in [-0.39, 0.29) is 12.2 Å². The Morgan fingerprint density at radius 2 is 1.92 bits per heavy atom. The Hall–Kier alpha value is -3.32. The molecule has 0 atom stereocenters. The van der Waals surface area contributed by atoms with Crippen LogP contribution in [0.4, 0.5) is 0 Å². The molecule has 0 aliphatic heterocycles. The molecule has 26 heavy (non-hydrogen) atoms. The molecule has 4 rings (SSSR count). The normalized spacial score (nSPS) is 10.8. The molecular formula is C19H14N4O2S. The summed E-state index contributed by atoms with van der Waals surface area (Å²) in [4.78, 5) is 32.3. The largest absolute Gasteiger partial charge is 0.360 e. The molecule has 3 heterocycles. The number of H-pyrrole nitrogens is 2. The number of benzene rings is 1. The molecular weight excluding hydrogens is 348 g/mol. The molecule has 3 aromatic heterocycles. The average Bonchev–Trinajstić information content (AvgIpc) is 3.42. The van der Waals surface area contributed by atoms with Crippen LogP contribution in [0.1, 0.15) is 16.2 Å². The van der Waals surface area contributed by atoms with Crippen molar-refractivity contribution < 1.29 is 9.59 Å². The van der Waals surface area contributed by atoms with Crippen molar-refractivity contribution in [2.75, 3.05) is 0 Å². The third-order valence-corrected chi connectivity index (χ3v) is 4.97. The summed E-state index contributed by atoms with van der Waals surface area (Å²) in [6.07, 6.45) is 2.99. The van der Waals surface area contributed by atoms with Gasteiger partial charge in [-0.1, -0.05) is 30.3 Å². The van der Waals surface area contributed by atoms with Gasteiger partial charge in [0.05, 0.1) is 10.6 Å². The van der Waals surface area contributed by atoms with Crippen molar-refractivity contribution in [3.63, 3.8) is 0 Å². The fourth-order valence-electron chi connectivity index (χ4n) is 2.73. The summed E-state index contributed by atoms with van der Waals surface area (Å²) >= 11 is 1.59. The number of rotatable bonds is 6. The highest BCUT2D eigenvalue weighted by molar-refractivity contribution is 7.14. The van der Waals surface area contributed by atoms with Gasteiger partial charge in [-0.3, -0.25) is 14.7 Å². The molecule has 1 aromatic carbocycles. The third-order valence-electron chi connectivity index (χ3n) is 4.02. The van der Waals surface area contributed by atoms with Crippen molar-refractivity contribution in [1.82, 2.24) is 20.2 Å². The lowest BCUT2D eigenvalue weighted by molar-refractivity contribution is -0.114. The molecule has 0 amide bonds. The number of nitrogens with one attached hydrogen (secondary N) is 2. The lowest BCUT2D eigenvalue weighted by atomic mass is 10.0. The predicted octanol–water partition coefficient (Wildman–Crippen LogP) is 3.52. The van der Waals surface area contributed by atoms with E-state index >= 15 is 0 Å². The van der Waals surface area contributed by atoms with Gasteiger partial charge in [-0.25, -0.2) is 4.98 Å². The van der Waals surface area contributed by atoms with Gasteiger partial charge in [-0.05, 0) is 34.2 Å². The van der Waals surface area contributed by atoms with Crippen molar-refractivity contribution in [1.29, 1.82) is 0 Å². The zero-order chi connectivity index (χ0) is 17.9. The van der Waals surface area contributed by atoms with Crippen LogP contribution in [-0.2, 0) is 11.2 Å². The van der Waals surface area contributed by atoms with Gasteiger partial charge in [0.2, 0.25) is 5.78 Å². The van der Waals surface area contributed by atoms with Crippen molar-refractivity contribution in [3.8, 4) is 21.7 Å². The van der Waals surface area contributed by atoms with Gasteiger partial charge in [-0.15, -0.1) is 11.3 Å². The number of ketones is 2. The van der Waals surface area contributed by atoms with E-state index in [9.17, 15) is 9.59 Å². The zero-order valence-corrected chi connectivity index (χ0v) is 14.4. The summed E-state index contributed by atoms with van der Waals surface area (Å²) in [5.74, 6) is -1.22. The minimum Gasteiger partial charge on any atom is -0.360 e. The molecule has 6 nitrogen and oxygen atoms in total. The molecule has 2 N–H and O–H groups in total. The minimum atomic E-state index is -0.661. The van der Waals surface area contributed by atoms with E-state index in [1.807, 2.05) is 24.3 Å². The Kier molecular flexibility index (Phi) is 4.28. The maximum absolute atomic E-state index is 12.3. The second-order valence-corrected chi connectivity index (χ2v) is 6.62. The second kappa shape index (κ2) is 6.89. The Morgan fingerprint density at radius 1 is 1.08 bits per heavy atom. The minimum absolute atomic E-state index is 0.0109. The highest BCUT2D eigenvalue weighted by atomic mass is 32.1. The number of carbonyl (C=O) groups excluding carboxylic acids is 2. The van der Waals surface area contributed by atoms with Crippen LogP contribution in [-0.4, -0.2) is 31.7 Å². The summed E-state index contributed by atoms with van der Waals surface area (Å²) in [6, 6.07) is 14.0. The maximum atomic E-state index is 12.3. The van der Waals surface area contributed by atoms with E-state index in [1.165, 1.54) is 6.33 Å². The summed E-state index contributed by atoms with van der Waals surface area (Å²) in [7, 11) is 0. The SMILES string of the molecule is O=C(Cc1cc[nH]c1-c1cc(-c2ccccc2)cs1)C(=O)c1ncn[nH]1. The van der Waals surface area contributed by atoms with Crippen LogP contribution < -0.4 is 0 Å². The molecule has 0 bridgehead atoms. The number of hydrogen-bond acceptors (Lipinski definition) is 5. The van der Waals surface area contributed by atoms with Crippen LogP contribution in [0, 0.1) is 0 Å². The lowest BCUT2D eigenvalue weighted by Crippen LogP contribution is -2.18. The second-order valence-electron chi connectivity index (χ2n) is 5.71. The molecule has 0 saturated carbocycles. The highest BCUT2D eigenvalue weighted by Crippen LogP contribution is 2.33. The van der Waals surface area contributed by atoms with Gasteiger partial charge in [0.15, 0.2) is 5.82 Å². The number of carbonyl (C=O) groups is 2. The number of nitrogens with zero attached hydrogens (tertiary/aromatic N) is 2. The van der Waals surface area contributed by atoms with E-state index in [1.54, 1.807) is 17.5 Å². The molecule has 0 unspecified atom stereocenters. The number of Topliss-reactive ketones (excluding diaryl/α,β-unsaturated/α-hetero) is 2. The number of hydrogen-bond donors (Lipinski definition) is 2. The molecule has 0 spiro atoms. The molecule has 0 saturated heterocycles. The fraction of sp³-hybridized carbons (Fsp3) is 0.0526. The molecule has 0 radical (unpaired) electrons. The maximum Gasteiger partial charge on any atom is 0.265 e. The first kappa shape index (κ1) is 16.2. The van der Waals surface area contributed by atoms with Gasteiger partial charge < -0.3 is 4.98 Å². The van der Waals surface area contributed by atoms with Crippen LogP contribution in [0.2, 0.25) is 0 Å². The van der Waals surface area contributed by atoms with Crippen molar-refractivity contribution >= 4 is 22.9 Å². The highest BCUT2D eigenvalue weighted by Gasteiger charge is 2.21. The molecule has 7 heteroatoms. The molecule has 0 fully saturated rings. The van der Waals surface area contributed by atoms with Crippen LogP contribution in [0.5, 0.6) is 0 Å². The molecule has 128 valence electrons. The van der Waals surface area contributed by atoms with Crippen molar-refractivity contribution in [2.24, 2.45) is 0 Å². The van der Waals surface area contributed by atoms with Crippen LogP contribution >= 0.6 is 11.3 Å². The Bertz CT molecular complexity index is 1050. The third kappa shape index (κ3) is 3.12. The number of thiophene rings is 1. The molecule has 0 aliphatic rings. The van der Waals surface area contributed by atoms with Crippen molar-refractivity contribution in [3.05, 3.63) is 71.8 Å². The monoisotopic (exact) mass is 362 g/mol. The number of aromatic amines is 2. The van der Waals surface area contributed by atoms with Gasteiger partial charge in [0.25, 0.3) is 5.78 Å². The first-order chi connectivity index (χ1) is 12.7. The van der Waals surface area contributed by atoms with Crippen LogP contribution in [0.3, 0.4) is 0 Å². The van der Waals surface area contributed by atoms with Gasteiger partial charge in [0, 0.05) is 12.6 Å². The fourth-order valence-corrected chi connectivity index (χ4v) is 3.69. The van der Waals surface area contributed by atoms with E-state index in [2.05, 4.69) is 43.7 Å². The smallest absolute Gasteiger partial charge is 0.265 e. The predicted molar refractivity (Wildman–Crippen MR) is 99.0 cm³/mol. The van der Waals surface area contributed by atoms with E-state index in [0.717, 1.165) is 27.3 Å². The van der Waals surface area contributed by atoms with Gasteiger partial charge in [0.1, 0.15) is 6.33 Å². The van der Waals surface area contributed by atoms with Crippen molar-refractivity contribution in [2.45, 2.75) is 6.42 Å². The molecule has 4 aromatic rings. The quantitative estimate of drug-likeness (QED) is 0.405. The van der Waals surface area contributed by atoms with Gasteiger partial charge >= 0.3 is 0 Å². The summed E-state index contributed by atoms with van der Waals surface area (Å²) < 4.78 is 0.